The lowest BCUT2D eigenvalue weighted by Gasteiger charge is -2.19. The normalized spacial score (nSPS) is 21.2. The SMILES string of the molecule is CC(NS(=O)(=O)c1cnn(CCCN)c1)C1CCCO1. The van der Waals surface area contributed by atoms with Gasteiger partial charge in [-0.3, -0.25) is 4.68 Å². The molecular weight excluding hydrogens is 280 g/mol. The molecule has 2 atom stereocenters. The zero-order chi connectivity index (χ0) is 14.6. The van der Waals surface area contributed by atoms with E-state index in [9.17, 15) is 8.42 Å². The molecule has 0 saturated carbocycles. The van der Waals surface area contributed by atoms with Crippen LogP contribution < -0.4 is 10.5 Å². The summed E-state index contributed by atoms with van der Waals surface area (Å²) in [5, 5.41) is 4.04. The van der Waals surface area contributed by atoms with Gasteiger partial charge < -0.3 is 10.5 Å². The summed E-state index contributed by atoms with van der Waals surface area (Å²) >= 11 is 0. The fourth-order valence-electron chi connectivity index (χ4n) is 2.24. The molecular formula is C12H22N4O3S. The third-order valence-corrected chi connectivity index (χ3v) is 4.89. The second-order valence-electron chi connectivity index (χ2n) is 5.04. The maximum absolute atomic E-state index is 12.2. The first-order valence-electron chi connectivity index (χ1n) is 6.89. The molecule has 0 bridgehead atoms. The predicted molar refractivity (Wildman–Crippen MR) is 74.7 cm³/mol. The van der Waals surface area contributed by atoms with Crippen molar-refractivity contribution in [1.29, 1.82) is 0 Å². The predicted octanol–water partition coefficient (Wildman–Crippen LogP) is 0.0777. The molecule has 1 aromatic rings. The number of aromatic nitrogens is 2. The molecule has 20 heavy (non-hydrogen) atoms. The fraction of sp³-hybridized carbons (Fsp3) is 0.750. The second-order valence-corrected chi connectivity index (χ2v) is 6.76. The number of ether oxygens (including phenoxy) is 1. The Balaban J connectivity index is 2.00. The molecule has 8 heteroatoms. The molecule has 0 amide bonds. The van der Waals surface area contributed by atoms with Gasteiger partial charge >= 0.3 is 0 Å². The van der Waals surface area contributed by atoms with Gasteiger partial charge in [-0.2, -0.15) is 5.10 Å². The van der Waals surface area contributed by atoms with Crippen LogP contribution in [0.4, 0.5) is 0 Å². The van der Waals surface area contributed by atoms with Gasteiger partial charge in [-0.05, 0) is 32.7 Å². The molecule has 1 aromatic heterocycles. The van der Waals surface area contributed by atoms with Gasteiger partial charge in [0.15, 0.2) is 0 Å². The molecule has 0 aromatic carbocycles. The maximum Gasteiger partial charge on any atom is 0.244 e. The van der Waals surface area contributed by atoms with Gasteiger partial charge in [0, 0.05) is 25.4 Å². The molecule has 2 unspecified atom stereocenters. The van der Waals surface area contributed by atoms with Crippen LogP contribution in [-0.4, -0.2) is 43.5 Å². The van der Waals surface area contributed by atoms with Crippen molar-refractivity contribution in [2.45, 2.75) is 49.8 Å². The Hall–Kier alpha value is -0.960. The molecule has 1 aliphatic rings. The van der Waals surface area contributed by atoms with E-state index in [0.717, 1.165) is 19.3 Å². The minimum atomic E-state index is -3.55. The minimum Gasteiger partial charge on any atom is -0.377 e. The Bertz CT molecular complexity index is 523. The maximum atomic E-state index is 12.2. The van der Waals surface area contributed by atoms with Crippen LogP contribution in [-0.2, 0) is 21.3 Å². The van der Waals surface area contributed by atoms with E-state index in [1.165, 1.54) is 12.4 Å². The van der Waals surface area contributed by atoms with Gasteiger partial charge in [0.2, 0.25) is 10.0 Å². The number of sulfonamides is 1. The highest BCUT2D eigenvalue weighted by Gasteiger charge is 2.27. The highest BCUT2D eigenvalue weighted by Crippen LogP contribution is 2.17. The highest BCUT2D eigenvalue weighted by atomic mass is 32.2. The summed E-state index contributed by atoms with van der Waals surface area (Å²) in [4.78, 5) is 0.180. The van der Waals surface area contributed by atoms with E-state index < -0.39 is 10.0 Å². The van der Waals surface area contributed by atoms with E-state index in [-0.39, 0.29) is 17.0 Å². The summed E-state index contributed by atoms with van der Waals surface area (Å²) in [6.07, 6.45) is 5.48. The van der Waals surface area contributed by atoms with Crippen LogP contribution in [0, 0.1) is 0 Å². The van der Waals surface area contributed by atoms with E-state index in [4.69, 9.17) is 10.5 Å². The van der Waals surface area contributed by atoms with Gasteiger partial charge in [-0.25, -0.2) is 13.1 Å². The van der Waals surface area contributed by atoms with Crippen molar-refractivity contribution in [2.24, 2.45) is 5.73 Å². The number of aryl methyl sites for hydroxylation is 1. The van der Waals surface area contributed by atoms with E-state index in [0.29, 0.717) is 19.7 Å². The van der Waals surface area contributed by atoms with Gasteiger partial charge in [-0.1, -0.05) is 0 Å². The zero-order valence-corrected chi connectivity index (χ0v) is 12.5. The van der Waals surface area contributed by atoms with Gasteiger partial charge in [0.25, 0.3) is 0 Å². The Labute approximate surface area is 119 Å². The van der Waals surface area contributed by atoms with Crippen molar-refractivity contribution in [1.82, 2.24) is 14.5 Å². The average Bonchev–Trinajstić information content (AvgIpc) is 3.07. The summed E-state index contributed by atoms with van der Waals surface area (Å²) in [5.41, 5.74) is 5.42. The van der Waals surface area contributed by atoms with Crippen LogP contribution >= 0.6 is 0 Å². The quantitative estimate of drug-likeness (QED) is 0.743. The number of nitrogens with two attached hydrogens (primary N) is 1. The average molecular weight is 302 g/mol. The summed E-state index contributed by atoms with van der Waals surface area (Å²) < 4.78 is 34.2. The summed E-state index contributed by atoms with van der Waals surface area (Å²) in [7, 11) is -3.55. The van der Waals surface area contributed by atoms with E-state index >= 15 is 0 Å². The summed E-state index contributed by atoms with van der Waals surface area (Å²) in [5.74, 6) is 0. The van der Waals surface area contributed by atoms with Crippen LogP contribution in [0.25, 0.3) is 0 Å². The van der Waals surface area contributed by atoms with E-state index in [2.05, 4.69) is 9.82 Å². The van der Waals surface area contributed by atoms with Crippen molar-refractivity contribution < 1.29 is 13.2 Å². The molecule has 0 radical (unpaired) electrons. The third-order valence-electron chi connectivity index (χ3n) is 3.37. The van der Waals surface area contributed by atoms with Crippen molar-refractivity contribution in [3.8, 4) is 0 Å². The fourth-order valence-corrected chi connectivity index (χ4v) is 3.47. The van der Waals surface area contributed by atoms with Crippen LogP contribution in [0.3, 0.4) is 0 Å². The number of nitrogens with zero attached hydrogens (tertiary/aromatic N) is 2. The molecule has 0 spiro atoms. The zero-order valence-electron chi connectivity index (χ0n) is 11.7. The number of rotatable bonds is 7. The van der Waals surface area contributed by atoms with Crippen LogP contribution in [0.1, 0.15) is 26.2 Å². The van der Waals surface area contributed by atoms with Crippen LogP contribution in [0.2, 0.25) is 0 Å². The van der Waals surface area contributed by atoms with Crippen molar-refractivity contribution in [3.05, 3.63) is 12.4 Å². The van der Waals surface area contributed by atoms with Gasteiger partial charge in [-0.15, -0.1) is 0 Å². The van der Waals surface area contributed by atoms with Crippen molar-refractivity contribution in [2.75, 3.05) is 13.2 Å². The molecule has 114 valence electrons. The lowest BCUT2D eigenvalue weighted by molar-refractivity contribution is 0.0902. The molecule has 3 N–H and O–H groups in total. The first kappa shape index (κ1) is 15.4. The first-order chi connectivity index (χ1) is 9.53. The Morgan fingerprint density at radius 3 is 3.10 bits per heavy atom. The van der Waals surface area contributed by atoms with E-state index in [1.807, 2.05) is 6.92 Å². The lowest BCUT2D eigenvalue weighted by Crippen LogP contribution is -2.40. The largest absolute Gasteiger partial charge is 0.377 e. The Morgan fingerprint density at radius 2 is 2.45 bits per heavy atom. The third kappa shape index (κ3) is 3.78. The lowest BCUT2D eigenvalue weighted by atomic mass is 10.1. The second kappa shape index (κ2) is 6.66. The van der Waals surface area contributed by atoms with Crippen molar-refractivity contribution >= 4 is 10.0 Å². The molecule has 1 saturated heterocycles. The highest BCUT2D eigenvalue weighted by molar-refractivity contribution is 7.89. The smallest absolute Gasteiger partial charge is 0.244 e. The number of nitrogens with one attached hydrogen (secondary N) is 1. The monoisotopic (exact) mass is 302 g/mol. The Kier molecular flexibility index (Phi) is 5.14. The number of hydrogen-bond acceptors (Lipinski definition) is 5. The molecule has 1 fully saturated rings. The molecule has 1 aliphatic heterocycles. The first-order valence-corrected chi connectivity index (χ1v) is 8.37. The van der Waals surface area contributed by atoms with Gasteiger partial charge in [0.1, 0.15) is 4.90 Å². The molecule has 2 rings (SSSR count). The standard InChI is InChI=1S/C12H22N4O3S/c1-10(12-4-2-7-19-12)15-20(17,18)11-8-14-16(9-11)6-3-5-13/h8-10,12,15H,2-7,13H2,1H3. The Morgan fingerprint density at radius 1 is 1.65 bits per heavy atom. The van der Waals surface area contributed by atoms with E-state index in [1.54, 1.807) is 4.68 Å². The topological polar surface area (TPSA) is 99.2 Å². The minimum absolute atomic E-state index is 0.0444. The summed E-state index contributed by atoms with van der Waals surface area (Å²) in [6.45, 7) is 3.70. The molecule has 2 heterocycles. The number of hydrogen-bond donors (Lipinski definition) is 2. The van der Waals surface area contributed by atoms with Crippen molar-refractivity contribution in [3.63, 3.8) is 0 Å². The summed E-state index contributed by atoms with van der Waals surface area (Å²) in [6, 6.07) is -0.241. The van der Waals surface area contributed by atoms with Crippen LogP contribution in [0.5, 0.6) is 0 Å². The molecule has 0 aliphatic carbocycles. The van der Waals surface area contributed by atoms with Crippen LogP contribution in [0.15, 0.2) is 17.3 Å². The molecule has 7 nitrogen and oxygen atoms in total. The van der Waals surface area contributed by atoms with Gasteiger partial charge in [0.05, 0.1) is 12.3 Å².